The molecule has 0 atom stereocenters. The van der Waals surface area contributed by atoms with Crippen LogP contribution in [0.3, 0.4) is 0 Å². The van der Waals surface area contributed by atoms with Crippen molar-refractivity contribution < 1.29 is 23.1 Å². The Labute approximate surface area is 87.1 Å². The SMILES string of the molecule is O=C(O)CCS(=O)(=O)N1CCNC(=O)C1. The summed E-state index contributed by atoms with van der Waals surface area (Å²) in [5, 5.41) is 10.9. The summed E-state index contributed by atoms with van der Waals surface area (Å²) in [6.45, 7) is 0.251. The monoisotopic (exact) mass is 236 g/mol. The molecule has 0 aliphatic carbocycles. The van der Waals surface area contributed by atoms with Crippen molar-refractivity contribution in [1.29, 1.82) is 0 Å². The number of hydrogen-bond donors (Lipinski definition) is 2. The zero-order chi connectivity index (χ0) is 11.5. The summed E-state index contributed by atoms with van der Waals surface area (Å²) in [6.07, 6.45) is -0.444. The molecule has 0 aromatic carbocycles. The molecule has 0 aromatic rings. The molecule has 0 radical (unpaired) electrons. The number of nitrogens with one attached hydrogen (secondary N) is 1. The highest BCUT2D eigenvalue weighted by atomic mass is 32.2. The predicted molar refractivity (Wildman–Crippen MR) is 50.6 cm³/mol. The lowest BCUT2D eigenvalue weighted by Crippen LogP contribution is -2.50. The van der Waals surface area contributed by atoms with Crippen LogP contribution < -0.4 is 5.32 Å². The molecule has 1 amide bonds. The van der Waals surface area contributed by atoms with Gasteiger partial charge in [0.1, 0.15) is 0 Å². The van der Waals surface area contributed by atoms with E-state index in [0.29, 0.717) is 0 Å². The molecule has 1 aliphatic rings. The lowest BCUT2D eigenvalue weighted by Gasteiger charge is -2.25. The number of hydrogen-bond acceptors (Lipinski definition) is 4. The third-order valence-corrected chi connectivity index (χ3v) is 3.79. The summed E-state index contributed by atoms with van der Waals surface area (Å²) in [4.78, 5) is 21.2. The summed E-state index contributed by atoms with van der Waals surface area (Å²) in [6, 6.07) is 0. The van der Waals surface area contributed by atoms with Crippen LogP contribution >= 0.6 is 0 Å². The predicted octanol–water partition coefficient (Wildman–Crippen LogP) is -1.78. The van der Waals surface area contributed by atoms with Gasteiger partial charge in [-0.3, -0.25) is 9.59 Å². The van der Waals surface area contributed by atoms with Gasteiger partial charge in [0, 0.05) is 13.1 Å². The number of amides is 1. The third kappa shape index (κ3) is 3.48. The molecule has 7 nitrogen and oxygen atoms in total. The number of sulfonamides is 1. The van der Waals surface area contributed by atoms with Crippen LogP contribution in [0.1, 0.15) is 6.42 Å². The molecule has 0 spiro atoms. The first-order valence-corrected chi connectivity index (χ1v) is 5.99. The number of carboxylic acid groups (broad SMARTS) is 1. The van der Waals surface area contributed by atoms with Gasteiger partial charge in [-0.2, -0.15) is 4.31 Å². The van der Waals surface area contributed by atoms with Crippen molar-refractivity contribution in [1.82, 2.24) is 9.62 Å². The van der Waals surface area contributed by atoms with Gasteiger partial charge in [-0.25, -0.2) is 8.42 Å². The second kappa shape index (κ2) is 4.58. The van der Waals surface area contributed by atoms with E-state index in [-0.39, 0.29) is 25.5 Å². The minimum Gasteiger partial charge on any atom is -0.481 e. The Morgan fingerprint density at radius 1 is 1.53 bits per heavy atom. The minimum absolute atomic E-state index is 0.202. The first kappa shape index (κ1) is 11.9. The van der Waals surface area contributed by atoms with Gasteiger partial charge >= 0.3 is 5.97 Å². The lowest BCUT2D eigenvalue weighted by atomic mass is 10.4. The molecule has 1 rings (SSSR count). The van der Waals surface area contributed by atoms with Crippen molar-refractivity contribution >= 4 is 21.9 Å². The Balaban J connectivity index is 2.60. The van der Waals surface area contributed by atoms with E-state index in [1.54, 1.807) is 0 Å². The number of carbonyl (C=O) groups is 2. The molecule has 2 N–H and O–H groups in total. The summed E-state index contributed by atoms with van der Waals surface area (Å²) < 4.78 is 24.0. The number of carboxylic acids is 1. The maximum Gasteiger partial charge on any atom is 0.304 e. The van der Waals surface area contributed by atoms with Crippen LogP contribution in [-0.2, 0) is 19.6 Å². The zero-order valence-corrected chi connectivity index (χ0v) is 8.79. The highest BCUT2D eigenvalue weighted by molar-refractivity contribution is 7.89. The van der Waals surface area contributed by atoms with E-state index < -0.39 is 28.2 Å². The van der Waals surface area contributed by atoms with Gasteiger partial charge in [0.25, 0.3) is 0 Å². The van der Waals surface area contributed by atoms with E-state index in [2.05, 4.69) is 5.32 Å². The number of rotatable bonds is 4. The van der Waals surface area contributed by atoms with Gasteiger partial charge in [-0.05, 0) is 0 Å². The van der Waals surface area contributed by atoms with Gasteiger partial charge < -0.3 is 10.4 Å². The average molecular weight is 236 g/mol. The number of aliphatic carboxylic acids is 1. The largest absolute Gasteiger partial charge is 0.481 e. The first-order valence-electron chi connectivity index (χ1n) is 4.38. The molecule has 8 heteroatoms. The fourth-order valence-electron chi connectivity index (χ4n) is 1.20. The van der Waals surface area contributed by atoms with E-state index in [0.717, 1.165) is 4.31 Å². The summed E-state index contributed by atoms with van der Waals surface area (Å²) >= 11 is 0. The standard InChI is InChI=1S/C7H12N2O5S/c10-6-5-9(3-2-8-6)15(13,14)4-1-7(11)12/h1-5H2,(H,8,10)(H,11,12). The zero-order valence-electron chi connectivity index (χ0n) is 7.97. The Kier molecular flexibility index (Phi) is 3.64. The van der Waals surface area contributed by atoms with Gasteiger partial charge in [0.15, 0.2) is 0 Å². The fraction of sp³-hybridized carbons (Fsp3) is 0.714. The Hall–Kier alpha value is -1.15. The van der Waals surface area contributed by atoms with E-state index >= 15 is 0 Å². The molecule has 1 heterocycles. The summed E-state index contributed by atoms with van der Waals surface area (Å²) in [5.74, 6) is -1.99. The summed E-state index contributed by atoms with van der Waals surface area (Å²) in [7, 11) is -3.62. The molecule has 0 aromatic heterocycles. The third-order valence-electron chi connectivity index (χ3n) is 1.97. The molecule has 1 saturated heterocycles. The maximum absolute atomic E-state index is 11.5. The van der Waals surface area contributed by atoms with Crippen molar-refractivity contribution in [3.8, 4) is 0 Å². The second-order valence-corrected chi connectivity index (χ2v) is 5.23. The topological polar surface area (TPSA) is 104 Å². The van der Waals surface area contributed by atoms with Crippen molar-refractivity contribution in [2.45, 2.75) is 6.42 Å². The fourth-order valence-corrected chi connectivity index (χ4v) is 2.57. The van der Waals surface area contributed by atoms with E-state index in [1.807, 2.05) is 0 Å². The van der Waals surface area contributed by atoms with Crippen LogP contribution in [0.25, 0.3) is 0 Å². The lowest BCUT2D eigenvalue weighted by molar-refractivity contribution is -0.136. The van der Waals surface area contributed by atoms with E-state index in [1.165, 1.54) is 0 Å². The number of nitrogens with zero attached hydrogens (tertiary/aromatic N) is 1. The average Bonchev–Trinajstić information content (AvgIpc) is 2.15. The smallest absolute Gasteiger partial charge is 0.304 e. The van der Waals surface area contributed by atoms with E-state index in [9.17, 15) is 18.0 Å². The van der Waals surface area contributed by atoms with Crippen LogP contribution in [0.5, 0.6) is 0 Å². The van der Waals surface area contributed by atoms with Crippen molar-refractivity contribution in [2.24, 2.45) is 0 Å². The van der Waals surface area contributed by atoms with Gasteiger partial charge in [0.2, 0.25) is 15.9 Å². The highest BCUT2D eigenvalue weighted by Gasteiger charge is 2.27. The van der Waals surface area contributed by atoms with Crippen LogP contribution in [0.4, 0.5) is 0 Å². The summed E-state index contributed by atoms with van der Waals surface area (Å²) in [5.41, 5.74) is 0. The normalized spacial score (nSPS) is 18.5. The molecule has 1 aliphatic heterocycles. The van der Waals surface area contributed by atoms with Gasteiger partial charge in [-0.1, -0.05) is 0 Å². The molecule has 15 heavy (non-hydrogen) atoms. The quantitative estimate of drug-likeness (QED) is 0.600. The molecular formula is C7H12N2O5S. The Morgan fingerprint density at radius 2 is 2.20 bits per heavy atom. The molecular weight excluding hydrogens is 224 g/mol. The van der Waals surface area contributed by atoms with Crippen LogP contribution in [-0.4, -0.2) is 55.1 Å². The maximum atomic E-state index is 11.5. The molecule has 0 saturated carbocycles. The van der Waals surface area contributed by atoms with Crippen LogP contribution in [0.2, 0.25) is 0 Å². The van der Waals surface area contributed by atoms with E-state index in [4.69, 9.17) is 5.11 Å². The van der Waals surface area contributed by atoms with Crippen molar-refractivity contribution in [3.63, 3.8) is 0 Å². The second-order valence-electron chi connectivity index (χ2n) is 3.14. The van der Waals surface area contributed by atoms with Crippen LogP contribution in [0.15, 0.2) is 0 Å². The van der Waals surface area contributed by atoms with Crippen molar-refractivity contribution in [3.05, 3.63) is 0 Å². The Bertz CT molecular complexity index is 364. The first-order chi connectivity index (χ1) is 6.92. The highest BCUT2D eigenvalue weighted by Crippen LogP contribution is 2.05. The Morgan fingerprint density at radius 3 is 2.73 bits per heavy atom. The molecule has 1 fully saturated rings. The van der Waals surface area contributed by atoms with Gasteiger partial charge in [0.05, 0.1) is 18.7 Å². The number of carbonyl (C=O) groups excluding carboxylic acids is 1. The van der Waals surface area contributed by atoms with Gasteiger partial charge in [-0.15, -0.1) is 0 Å². The van der Waals surface area contributed by atoms with Crippen molar-refractivity contribution in [2.75, 3.05) is 25.4 Å². The number of piperazine rings is 1. The minimum atomic E-state index is -3.62. The molecule has 0 bridgehead atoms. The molecule has 86 valence electrons. The van der Waals surface area contributed by atoms with Crippen LogP contribution in [0, 0.1) is 0 Å². The molecule has 0 unspecified atom stereocenters.